The molecule has 1 heterocycles. The Bertz CT molecular complexity index is 290. The highest BCUT2D eigenvalue weighted by Crippen LogP contribution is 2.25. The molecule has 0 aliphatic carbocycles. The van der Waals surface area contributed by atoms with Crippen molar-refractivity contribution in [1.29, 1.82) is 0 Å². The van der Waals surface area contributed by atoms with E-state index >= 15 is 0 Å². The summed E-state index contributed by atoms with van der Waals surface area (Å²) < 4.78 is 13.7. The third kappa shape index (κ3) is 3.19. The zero-order valence-corrected chi connectivity index (χ0v) is 10.8. The van der Waals surface area contributed by atoms with Crippen LogP contribution in [-0.2, 0) is 4.79 Å². The van der Waals surface area contributed by atoms with Gasteiger partial charge < -0.3 is 5.73 Å². The molecule has 0 aromatic heterocycles. The Morgan fingerprint density at radius 2 is 2.06 bits per heavy atom. The van der Waals surface area contributed by atoms with E-state index in [4.69, 9.17) is 5.73 Å². The largest absolute Gasteiger partial charge is 0.368 e. The van der Waals surface area contributed by atoms with Gasteiger partial charge in [-0.05, 0) is 45.7 Å². The summed E-state index contributed by atoms with van der Waals surface area (Å²) >= 11 is 0. The van der Waals surface area contributed by atoms with Crippen LogP contribution in [0.25, 0.3) is 0 Å². The molecule has 0 spiro atoms. The molecule has 1 aliphatic heterocycles. The lowest BCUT2D eigenvalue weighted by Crippen LogP contribution is -2.45. The molecule has 0 aromatic carbocycles. The molecule has 1 rings (SSSR count). The third-order valence-corrected chi connectivity index (χ3v) is 2.96. The summed E-state index contributed by atoms with van der Waals surface area (Å²) in [6, 6.07) is -0.639. The van der Waals surface area contributed by atoms with Crippen LogP contribution in [0, 0.1) is 0 Å². The lowest BCUT2D eigenvalue weighted by atomic mass is 10.1. The van der Waals surface area contributed by atoms with Crippen molar-refractivity contribution >= 4 is 18.3 Å². The van der Waals surface area contributed by atoms with Crippen LogP contribution in [0.3, 0.4) is 0 Å². The molecule has 1 aliphatic rings. The highest BCUT2D eigenvalue weighted by atomic mass is 35.5. The minimum Gasteiger partial charge on any atom is -0.368 e. The van der Waals surface area contributed by atoms with Gasteiger partial charge in [-0.15, -0.1) is 12.4 Å². The lowest BCUT2D eigenvalue weighted by molar-refractivity contribution is -0.122. The normalized spacial score (nSPS) is 22.4. The number of nitrogens with two attached hydrogens (primary N) is 1. The Balaban J connectivity index is 0.00000225. The van der Waals surface area contributed by atoms with Crippen LogP contribution in [0.1, 0.15) is 33.6 Å². The van der Waals surface area contributed by atoms with Gasteiger partial charge in [0.15, 0.2) is 0 Å². The first-order valence-electron chi connectivity index (χ1n) is 5.33. The van der Waals surface area contributed by atoms with E-state index in [2.05, 4.69) is 0 Å². The van der Waals surface area contributed by atoms with Crippen molar-refractivity contribution in [2.24, 2.45) is 5.73 Å². The number of carbonyl (C=O) groups excluding carboxylic acids is 1. The van der Waals surface area contributed by atoms with Crippen LogP contribution in [0.5, 0.6) is 0 Å². The number of likely N-dealkylation sites (tertiary alicyclic amines) is 1. The molecule has 0 aromatic rings. The number of nitrogens with zero attached hydrogens (tertiary/aromatic N) is 1. The van der Waals surface area contributed by atoms with Crippen LogP contribution in [0.15, 0.2) is 11.4 Å². The van der Waals surface area contributed by atoms with E-state index in [-0.39, 0.29) is 36.2 Å². The fourth-order valence-electron chi connectivity index (χ4n) is 2.12. The molecule has 0 bridgehead atoms. The van der Waals surface area contributed by atoms with Crippen molar-refractivity contribution in [3.8, 4) is 0 Å². The van der Waals surface area contributed by atoms with Crippen molar-refractivity contribution in [3.63, 3.8) is 0 Å². The Kier molecular flexibility index (Phi) is 5.97. The third-order valence-electron chi connectivity index (χ3n) is 2.96. The summed E-state index contributed by atoms with van der Waals surface area (Å²) in [6.07, 6.45) is 1.66. The van der Waals surface area contributed by atoms with E-state index in [1.807, 2.05) is 4.90 Å². The smallest absolute Gasteiger partial charge is 0.234 e. The molecule has 2 N–H and O–H groups in total. The van der Waals surface area contributed by atoms with E-state index in [9.17, 15) is 9.18 Å². The summed E-state index contributed by atoms with van der Waals surface area (Å²) in [4.78, 5) is 13.0. The number of carbonyl (C=O) groups is 1. The number of hydrogen-bond acceptors (Lipinski definition) is 2. The number of halogens is 2. The van der Waals surface area contributed by atoms with Gasteiger partial charge >= 0.3 is 0 Å². The number of rotatable bonds is 3. The number of hydrogen-bond donors (Lipinski definition) is 1. The van der Waals surface area contributed by atoms with Crippen molar-refractivity contribution in [2.45, 2.75) is 45.7 Å². The van der Waals surface area contributed by atoms with Gasteiger partial charge in [0.05, 0.1) is 12.1 Å². The Morgan fingerprint density at radius 3 is 2.50 bits per heavy atom. The molecule has 1 fully saturated rings. The van der Waals surface area contributed by atoms with Gasteiger partial charge in [-0.2, -0.15) is 0 Å². The van der Waals surface area contributed by atoms with Gasteiger partial charge in [0, 0.05) is 0 Å². The summed E-state index contributed by atoms with van der Waals surface area (Å²) in [5.41, 5.74) is 5.95. The highest BCUT2D eigenvalue weighted by molar-refractivity contribution is 5.85. The first-order valence-corrected chi connectivity index (χ1v) is 5.33. The maximum absolute atomic E-state index is 13.7. The van der Waals surface area contributed by atoms with Crippen LogP contribution >= 0.6 is 12.4 Å². The average Bonchev–Trinajstić information content (AvgIpc) is 2.63. The maximum Gasteiger partial charge on any atom is 0.234 e. The Morgan fingerprint density at radius 1 is 1.50 bits per heavy atom. The Labute approximate surface area is 102 Å². The monoisotopic (exact) mass is 250 g/mol. The first-order chi connectivity index (χ1) is 6.95. The Hall–Kier alpha value is -0.610. The fourth-order valence-corrected chi connectivity index (χ4v) is 2.12. The molecule has 1 unspecified atom stereocenters. The fraction of sp³-hybridized carbons (Fsp3) is 0.727. The summed E-state index contributed by atoms with van der Waals surface area (Å²) in [7, 11) is 0. The van der Waals surface area contributed by atoms with Crippen molar-refractivity contribution < 1.29 is 9.18 Å². The van der Waals surface area contributed by atoms with Crippen LogP contribution in [0.4, 0.5) is 4.39 Å². The van der Waals surface area contributed by atoms with E-state index in [0.29, 0.717) is 5.57 Å². The van der Waals surface area contributed by atoms with Gasteiger partial charge in [0.25, 0.3) is 0 Å². The SMILES string of the molecule is CC(C)=C(F)[C@H](C)N1CCCC1C(N)=O.Cl. The quantitative estimate of drug-likeness (QED) is 0.833. The summed E-state index contributed by atoms with van der Waals surface area (Å²) in [5, 5.41) is 0. The van der Waals surface area contributed by atoms with E-state index in [1.165, 1.54) is 0 Å². The molecule has 5 heteroatoms. The molecule has 2 atom stereocenters. The van der Waals surface area contributed by atoms with Crippen LogP contribution in [0.2, 0.25) is 0 Å². The minimum atomic E-state index is -0.346. The van der Waals surface area contributed by atoms with Gasteiger partial charge in [0.2, 0.25) is 5.91 Å². The summed E-state index contributed by atoms with van der Waals surface area (Å²) in [6.45, 7) is 6.00. The molecule has 16 heavy (non-hydrogen) atoms. The summed E-state index contributed by atoms with van der Waals surface area (Å²) in [5.74, 6) is -0.496. The number of primary amides is 1. The van der Waals surface area contributed by atoms with E-state index < -0.39 is 0 Å². The molecule has 0 radical (unpaired) electrons. The second-order valence-corrected chi connectivity index (χ2v) is 4.32. The zero-order valence-electron chi connectivity index (χ0n) is 10.00. The van der Waals surface area contributed by atoms with Crippen molar-refractivity contribution in [2.75, 3.05) is 6.54 Å². The van der Waals surface area contributed by atoms with Gasteiger partial charge in [-0.25, -0.2) is 4.39 Å². The molecule has 1 amide bonds. The zero-order chi connectivity index (χ0) is 11.6. The molecule has 3 nitrogen and oxygen atoms in total. The van der Waals surface area contributed by atoms with Crippen LogP contribution < -0.4 is 5.73 Å². The van der Waals surface area contributed by atoms with Crippen molar-refractivity contribution in [1.82, 2.24) is 4.90 Å². The second-order valence-electron chi connectivity index (χ2n) is 4.32. The minimum absolute atomic E-state index is 0. The van der Waals surface area contributed by atoms with E-state index in [1.54, 1.807) is 20.8 Å². The molecule has 0 saturated carbocycles. The molecular formula is C11H20ClFN2O. The van der Waals surface area contributed by atoms with Gasteiger partial charge in [0.1, 0.15) is 5.83 Å². The molecular weight excluding hydrogens is 231 g/mol. The van der Waals surface area contributed by atoms with Crippen LogP contribution in [-0.4, -0.2) is 29.4 Å². The topological polar surface area (TPSA) is 46.3 Å². The number of amides is 1. The number of allylic oxidation sites excluding steroid dienone is 1. The first kappa shape index (κ1) is 15.4. The highest BCUT2D eigenvalue weighted by Gasteiger charge is 2.34. The standard InChI is InChI=1S/C11H19FN2O.ClH/c1-7(2)10(12)8(3)14-6-4-5-9(14)11(13)15;/h8-9H,4-6H2,1-3H3,(H2,13,15);1H/t8-,9?;/m0./s1. The van der Waals surface area contributed by atoms with Crippen molar-refractivity contribution in [3.05, 3.63) is 11.4 Å². The van der Waals surface area contributed by atoms with Gasteiger partial charge in [-0.1, -0.05) is 0 Å². The van der Waals surface area contributed by atoms with Gasteiger partial charge in [-0.3, -0.25) is 9.69 Å². The molecule has 1 saturated heterocycles. The second kappa shape index (κ2) is 6.21. The predicted molar refractivity (Wildman–Crippen MR) is 65.1 cm³/mol. The molecule has 94 valence electrons. The van der Waals surface area contributed by atoms with E-state index in [0.717, 1.165) is 19.4 Å². The lowest BCUT2D eigenvalue weighted by Gasteiger charge is -2.28. The maximum atomic E-state index is 13.7. The predicted octanol–water partition coefficient (Wildman–Crippen LogP) is 2.01. The average molecular weight is 251 g/mol.